The van der Waals surface area contributed by atoms with Gasteiger partial charge in [0.15, 0.2) is 0 Å². The van der Waals surface area contributed by atoms with Crippen molar-refractivity contribution in [3.8, 4) is 0 Å². The zero-order valence-corrected chi connectivity index (χ0v) is 6.60. The van der Waals surface area contributed by atoms with Gasteiger partial charge < -0.3 is 4.74 Å². The molecule has 0 unspecified atom stereocenters. The van der Waals surface area contributed by atoms with Gasteiger partial charge in [-0.25, -0.2) is 0 Å². The molecule has 1 fully saturated rings. The predicted molar refractivity (Wildman–Crippen MR) is 41.1 cm³/mol. The fourth-order valence-electron chi connectivity index (χ4n) is 0.996. The smallest absolute Gasteiger partial charge is 0.0824 e. The summed E-state index contributed by atoms with van der Waals surface area (Å²) in [6, 6.07) is 0. The monoisotopic (exact) mass is 147 g/mol. The maximum absolute atomic E-state index is 5.10. The van der Waals surface area contributed by atoms with Crippen LogP contribution in [0.3, 0.4) is 0 Å². The van der Waals surface area contributed by atoms with E-state index in [1.54, 1.807) is 7.11 Å². The number of ether oxygens (including phenoxy) is 1. The lowest BCUT2D eigenvalue weighted by molar-refractivity contribution is -0.0258. The molecule has 1 rings (SSSR count). The molecule has 0 aromatic rings. The molecule has 0 bridgehead atoms. The predicted octanol–water partition coefficient (Wildman–Crippen LogP) is 0.247. The summed E-state index contributed by atoms with van der Waals surface area (Å²) in [6.07, 6.45) is 0.491. The summed E-state index contributed by atoms with van der Waals surface area (Å²) in [6.45, 7) is 3.29. The van der Waals surface area contributed by atoms with Crippen LogP contribution in [0.1, 0.15) is 0 Å². The third-order valence-corrected chi connectivity index (χ3v) is 1.87. The summed E-state index contributed by atoms with van der Waals surface area (Å²) in [5, 5.41) is 0. The van der Waals surface area contributed by atoms with Crippen LogP contribution < -0.4 is 0 Å². The molecule has 0 aliphatic carbocycles. The summed E-state index contributed by atoms with van der Waals surface area (Å²) < 4.78 is 5.10. The summed E-state index contributed by atoms with van der Waals surface area (Å²) in [4.78, 5) is 2.33. The van der Waals surface area contributed by atoms with E-state index in [9.17, 15) is 0 Å². The lowest BCUT2D eigenvalue weighted by Crippen LogP contribution is -2.52. The number of hydrogen-bond acceptors (Lipinski definition) is 3. The van der Waals surface area contributed by atoms with Crippen LogP contribution in [0.2, 0.25) is 0 Å². The van der Waals surface area contributed by atoms with Crippen LogP contribution in [0.15, 0.2) is 0 Å². The second-order valence-electron chi connectivity index (χ2n) is 2.34. The molecule has 3 heteroatoms. The van der Waals surface area contributed by atoms with Crippen LogP contribution in [-0.2, 0) is 4.74 Å². The van der Waals surface area contributed by atoms with Gasteiger partial charge in [0.2, 0.25) is 0 Å². The first-order chi connectivity index (χ1) is 4.36. The van der Waals surface area contributed by atoms with Gasteiger partial charge >= 0.3 is 0 Å². The zero-order chi connectivity index (χ0) is 6.69. The molecule has 0 aromatic carbocycles. The maximum Gasteiger partial charge on any atom is 0.0824 e. The van der Waals surface area contributed by atoms with Gasteiger partial charge in [-0.3, -0.25) is 4.90 Å². The van der Waals surface area contributed by atoms with Crippen LogP contribution in [0.4, 0.5) is 0 Å². The van der Waals surface area contributed by atoms with Crippen molar-refractivity contribution in [1.82, 2.24) is 4.90 Å². The molecule has 54 valence electrons. The van der Waals surface area contributed by atoms with Crippen molar-refractivity contribution in [2.75, 3.05) is 32.5 Å². The minimum atomic E-state index is 0.491. The molecular formula is C6H13NOS. The van der Waals surface area contributed by atoms with Gasteiger partial charge in [-0.1, -0.05) is 0 Å². The van der Waals surface area contributed by atoms with E-state index in [1.807, 2.05) is 0 Å². The molecule has 1 aliphatic rings. The molecule has 1 heterocycles. The maximum atomic E-state index is 5.10. The van der Waals surface area contributed by atoms with Crippen molar-refractivity contribution in [3.63, 3.8) is 0 Å². The van der Waals surface area contributed by atoms with Crippen LogP contribution in [0.25, 0.3) is 0 Å². The molecule has 0 aromatic heterocycles. The second-order valence-corrected chi connectivity index (χ2v) is 2.79. The minimum absolute atomic E-state index is 0.491. The van der Waals surface area contributed by atoms with E-state index in [0.29, 0.717) is 6.10 Å². The van der Waals surface area contributed by atoms with E-state index in [0.717, 1.165) is 25.4 Å². The number of rotatable bonds is 3. The fraction of sp³-hybridized carbons (Fsp3) is 1.00. The summed E-state index contributed by atoms with van der Waals surface area (Å²) in [5.41, 5.74) is 0. The Morgan fingerprint density at radius 2 is 2.33 bits per heavy atom. The first kappa shape index (κ1) is 7.38. The van der Waals surface area contributed by atoms with Gasteiger partial charge in [0.25, 0.3) is 0 Å². The van der Waals surface area contributed by atoms with E-state index in [2.05, 4.69) is 17.5 Å². The Morgan fingerprint density at radius 1 is 1.67 bits per heavy atom. The molecule has 0 amide bonds. The number of nitrogens with zero attached hydrogens (tertiary/aromatic N) is 1. The molecule has 0 spiro atoms. The minimum Gasteiger partial charge on any atom is -0.379 e. The Kier molecular flexibility index (Phi) is 2.82. The Bertz CT molecular complexity index is 83.1. The number of thiol groups is 1. The average Bonchev–Trinajstić information content (AvgIpc) is 1.77. The van der Waals surface area contributed by atoms with Gasteiger partial charge in [-0.05, 0) is 0 Å². The first-order valence-corrected chi connectivity index (χ1v) is 3.86. The average molecular weight is 147 g/mol. The highest BCUT2D eigenvalue weighted by Crippen LogP contribution is 2.09. The fourth-order valence-corrected chi connectivity index (χ4v) is 1.28. The molecule has 0 atom stereocenters. The Balaban J connectivity index is 1.98. The van der Waals surface area contributed by atoms with Gasteiger partial charge in [-0.2, -0.15) is 12.6 Å². The zero-order valence-electron chi connectivity index (χ0n) is 5.71. The standard InChI is InChI=1S/C6H13NOS/c1-8-6-4-7(5-6)2-3-9/h6,9H,2-5H2,1H3. The highest BCUT2D eigenvalue weighted by Gasteiger charge is 2.24. The molecule has 1 aliphatic heterocycles. The Morgan fingerprint density at radius 3 is 2.78 bits per heavy atom. The Hall–Kier alpha value is 0.270. The van der Waals surface area contributed by atoms with Crippen molar-refractivity contribution < 1.29 is 4.74 Å². The third kappa shape index (κ3) is 1.85. The van der Waals surface area contributed by atoms with Gasteiger partial charge in [0.1, 0.15) is 0 Å². The van der Waals surface area contributed by atoms with Crippen LogP contribution >= 0.6 is 12.6 Å². The van der Waals surface area contributed by atoms with E-state index >= 15 is 0 Å². The number of hydrogen-bond donors (Lipinski definition) is 1. The third-order valence-electron chi connectivity index (χ3n) is 1.67. The van der Waals surface area contributed by atoms with E-state index in [1.165, 1.54) is 0 Å². The van der Waals surface area contributed by atoms with Gasteiger partial charge in [0.05, 0.1) is 6.10 Å². The molecule has 0 N–H and O–H groups in total. The van der Waals surface area contributed by atoms with Crippen LogP contribution in [-0.4, -0.2) is 43.5 Å². The van der Waals surface area contributed by atoms with Crippen molar-refractivity contribution in [2.24, 2.45) is 0 Å². The van der Waals surface area contributed by atoms with Crippen LogP contribution in [0, 0.1) is 0 Å². The van der Waals surface area contributed by atoms with Crippen LogP contribution in [0.5, 0.6) is 0 Å². The summed E-state index contributed by atoms with van der Waals surface area (Å²) in [5.74, 6) is 0.955. The van der Waals surface area contributed by atoms with Gasteiger partial charge in [-0.15, -0.1) is 0 Å². The Labute approximate surface area is 61.6 Å². The van der Waals surface area contributed by atoms with E-state index in [-0.39, 0.29) is 0 Å². The quantitative estimate of drug-likeness (QED) is 0.574. The largest absolute Gasteiger partial charge is 0.379 e. The summed E-state index contributed by atoms with van der Waals surface area (Å²) >= 11 is 4.12. The highest BCUT2D eigenvalue weighted by atomic mass is 32.1. The molecule has 0 saturated carbocycles. The molecule has 2 nitrogen and oxygen atoms in total. The normalized spacial score (nSPS) is 22.0. The number of likely N-dealkylation sites (tertiary alicyclic amines) is 1. The molecular weight excluding hydrogens is 134 g/mol. The van der Waals surface area contributed by atoms with Crippen molar-refractivity contribution in [2.45, 2.75) is 6.10 Å². The highest BCUT2D eigenvalue weighted by molar-refractivity contribution is 7.80. The lowest BCUT2D eigenvalue weighted by atomic mass is 10.2. The first-order valence-electron chi connectivity index (χ1n) is 3.23. The van der Waals surface area contributed by atoms with Crippen molar-refractivity contribution >= 4 is 12.6 Å². The van der Waals surface area contributed by atoms with Crippen molar-refractivity contribution in [3.05, 3.63) is 0 Å². The molecule has 1 saturated heterocycles. The molecule has 0 radical (unpaired) electrons. The SMILES string of the molecule is COC1CN(CCS)C1. The topological polar surface area (TPSA) is 12.5 Å². The summed E-state index contributed by atoms with van der Waals surface area (Å²) in [7, 11) is 1.77. The van der Waals surface area contributed by atoms with E-state index < -0.39 is 0 Å². The lowest BCUT2D eigenvalue weighted by Gasteiger charge is -2.37. The van der Waals surface area contributed by atoms with Gasteiger partial charge in [0, 0.05) is 32.5 Å². The van der Waals surface area contributed by atoms with Crippen molar-refractivity contribution in [1.29, 1.82) is 0 Å². The molecule has 9 heavy (non-hydrogen) atoms. The second kappa shape index (κ2) is 3.44. The van der Waals surface area contributed by atoms with E-state index in [4.69, 9.17) is 4.74 Å². The number of methoxy groups -OCH3 is 1.